The Labute approximate surface area is 195 Å². The van der Waals surface area contributed by atoms with E-state index in [1.165, 1.54) is 12.3 Å². The van der Waals surface area contributed by atoms with Gasteiger partial charge in [-0.15, -0.1) is 0 Å². The van der Waals surface area contributed by atoms with Crippen LogP contribution in [0.4, 0.5) is 4.39 Å². The first-order chi connectivity index (χ1) is 14.9. The number of aromatic amines is 1. The predicted molar refractivity (Wildman–Crippen MR) is 120 cm³/mol. The largest absolute Gasteiger partial charge is 0.496 e. The maximum Gasteiger partial charge on any atom is 0.149 e. The molecule has 0 fully saturated rings. The molecule has 0 radical (unpaired) electrons. The smallest absolute Gasteiger partial charge is 0.149 e. The minimum absolute atomic E-state index is 0.0486. The Hall–Kier alpha value is -2.68. The second-order valence-electron chi connectivity index (χ2n) is 6.35. The van der Waals surface area contributed by atoms with Gasteiger partial charge in [-0.3, -0.25) is 4.98 Å². The third-order valence-corrected chi connectivity index (χ3v) is 5.37. The zero-order chi connectivity index (χ0) is 22.0. The van der Waals surface area contributed by atoms with Crippen LogP contribution in [0.25, 0.3) is 22.6 Å². The molecular weight excluding hydrogens is 510 g/mol. The minimum Gasteiger partial charge on any atom is -0.496 e. The molecule has 4 aromatic rings. The van der Waals surface area contributed by atoms with Crippen LogP contribution in [-0.2, 0) is 6.61 Å². The molecule has 31 heavy (non-hydrogen) atoms. The van der Waals surface area contributed by atoms with Crippen LogP contribution < -0.4 is 9.47 Å². The highest BCUT2D eigenvalue weighted by atomic mass is 79.9. The van der Waals surface area contributed by atoms with Crippen LogP contribution in [0.3, 0.4) is 0 Å². The molecule has 0 saturated carbocycles. The van der Waals surface area contributed by atoms with Crippen LogP contribution in [0.15, 0.2) is 53.4 Å². The van der Waals surface area contributed by atoms with E-state index < -0.39 is 5.82 Å². The van der Waals surface area contributed by atoms with Crippen LogP contribution >= 0.6 is 39.1 Å². The molecule has 0 amide bonds. The Balaban J connectivity index is 1.59. The summed E-state index contributed by atoms with van der Waals surface area (Å²) in [6, 6.07) is 9.99. The van der Waals surface area contributed by atoms with E-state index in [1.807, 2.05) is 12.1 Å². The number of halogens is 4. The number of hydrogen-bond acceptors (Lipinski definition) is 5. The lowest BCUT2D eigenvalue weighted by molar-refractivity contribution is 0.292. The highest BCUT2D eigenvalue weighted by Gasteiger charge is 2.17. The van der Waals surface area contributed by atoms with Crippen molar-refractivity contribution in [3.8, 4) is 34.1 Å². The van der Waals surface area contributed by atoms with E-state index >= 15 is 0 Å². The van der Waals surface area contributed by atoms with E-state index in [4.69, 9.17) is 32.7 Å². The van der Waals surface area contributed by atoms with Crippen molar-refractivity contribution in [2.75, 3.05) is 7.11 Å². The number of ether oxygens (including phenoxy) is 2. The van der Waals surface area contributed by atoms with E-state index in [-0.39, 0.29) is 17.3 Å². The third kappa shape index (κ3) is 4.81. The highest BCUT2D eigenvalue weighted by molar-refractivity contribution is 9.10. The Morgan fingerprint density at radius 1 is 1.10 bits per heavy atom. The molecule has 0 unspecified atom stereocenters. The average molecular weight is 524 g/mol. The molecule has 0 bridgehead atoms. The molecule has 0 aliphatic rings. The summed E-state index contributed by atoms with van der Waals surface area (Å²) in [5.41, 5.74) is 2.43. The Kier molecular flexibility index (Phi) is 6.41. The molecule has 0 aliphatic carbocycles. The number of imidazole rings is 1. The van der Waals surface area contributed by atoms with Gasteiger partial charge in [-0.1, -0.05) is 23.2 Å². The maximum absolute atomic E-state index is 13.9. The Morgan fingerprint density at radius 3 is 2.65 bits per heavy atom. The van der Waals surface area contributed by atoms with Crippen LogP contribution in [0.2, 0.25) is 10.2 Å². The molecule has 0 saturated heterocycles. The summed E-state index contributed by atoms with van der Waals surface area (Å²) in [5, 5.41) is 0.631. The first kappa shape index (κ1) is 21.5. The van der Waals surface area contributed by atoms with Crippen molar-refractivity contribution in [3.63, 3.8) is 0 Å². The van der Waals surface area contributed by atoms with Gasteiger partial charge in [0.2, 0.25) is 0 Å². The predicted octanol–water partition coefficient (Wildman–Crippen LogP) is 6.33. The second kappa shape index (κ2) is 9.21. The van der Waals surface area contributed by atoms with E-state index in [0.717, 1.165) is 16.8 Å². The van der Waals surface area contributed by atoms with Gasteiger partial charge < -0.3 is 14.5 Å². The Bertz CT molecular complexity index is 1230. The van der Waals surface area contributed by atoms with Crippen molar-refractivity contribution in [3.05, 3.63) is 75.1 Å². The lowest BCUT2D eigenvalue weighted by atomic mass is 10.1. The highest BCUT2D eigenvalue weighted by Crippen LogP contribution is 2.37. The van der Waals surface area contributed by atoms with Crippen molar-refractivity contribution < 1.29 is 13.9 Å². The van der Waals surface area contributed by atoms with E-state index in [9.17, 15) is 4.39 Å². The van der Waals surface area contributed by atoms with Gasteiger partial charge in [0.1, 0.15) is 45.2 Å². The van der Waals surface area contributed by atoms with Gasteiger partial charge in [-0.05, 0) is 46.3 Å². The quantitative estimate of drug-likeness (QED) is 0.299. The number of benzene rings is 1. The van der Waals surface area contributed by atoms with E-state index in [1.54, 1.807) is 31.5 Å². The standard InChI is InChI=1S/C21H14BrCl2FN4O2/c1-30-17-7-13(31-10-16-15(25)6-12(23)9-26-16)3-4-14(17)19-20(22)29-21(28-19)11-2-5-18(24)27-8-11/h2-9H,10H2,1H3,(H,28,29). The molecule has 4 rings (SSSR count). The van der Waals surface area contributed by atoms with E-state index in [0.29, 0.717) is 27.1 Å². The number of methoxy groups -OCH3 is 1. The van der Waals surface area contributed by atoms with Gasteiger partial charge in [-0.25, -0.2) is 14.4 Å². The third-order valence-electron chi connectivity index (χ3n) is 4.36. The maximum atomic E-state index is 13.9. The van der Waals surface area contributed by atoms with Crippen LogP contribution in [0.5, 0.6) is 11.5 Å². The fourth-order valence-electron chi connectivity index (χ4n) is 2.85. The minimum atomic E-state index is -0.526. The van der Waals surface area contributed by atoms with Crippen molar-refractivity contribution in [2.45, 2.75) is 6.61 Å². The summed E-state index contributed by atoms with van der Waals surface area (Å²) in [7, 11) is 1.55. The molecule has 3 heterocycles. The summed E-state index contributed by atoms with van der Waals surface area (Å²) >= 11 is 15.1. The van der Waals surface area contributed by atoms with Crippen LogP contribution in [0, 0.1) is 5.82 Å². The van der Waals surface area contributed by atoms with Gasteiger partial charge in [0, 0.05) is 29.6 Å². The summed E-state index contributed by atoms with van der Waals surface area (Å²) in [5.74, 6) is 1.14. The van der Waals surface area contributed by atoms with Crippen LogP contribution in [-0.4, -0.2) is 27.0 Å². The SMILES string of the molecule is COc1cc(OCc2ncc(Cl)cc2F)ccc1-c1[nH]c(-c2ccc(Cl)nc2)nc1Br. The molecule has 158 valence electrons. The van der Waals surface area contributed by atoms with E-state index in [2.05, 4.69) is 35.9 Å². The Morgan fingerprint density at radius 2 is 1.94 bits per heavy atom. The number of aromatic nitrogens is 4. The fraction of sp³-hybridized carbons (Fsp3) is 0.0952. The number of pyridine rings is 2. The molecule has 1 aromatic carbocycles. The lowest BCUT2D eigenvalue weighted by Gasteiger charge is -2.11. The van der Waals surface area contributed by atoms with Gasteiger partial charge in [0.25, 0.3) is 0 Å². The summed E-state index contributed by atoms with van der Waals surface area (Å²) in [6.07, 6.45) is 3.01. The van der Waals surface area contributed by atoms with Crippen molar-refractivity contribution in [1.82, 2.24) is 19.9 Å². The van der Waals surface area contributed by atoms with Gasteiger partial charge >= 0.3 is 0 Å². The number of rotatable bonds is 6. The number of nitrogens with one attached hydrogen (secondary N) is 1. The van der Waals surface area contributed by atoms with Crippen molar-refractivity contribution in [1.29, 1.82) is 0 Å². The molecule has 6 nitrogen and oxygen atoms in total. The summed E-state index contributed by atoms with van der Waals surface area (Å²) in [6.45, 7) is -0.0486. The molecule has 10 heteroatoms. The monoisotopic (exact) mass is 522 g/mol. The second-order valence-corrected chi connectivity index (χ2v) is 7.93. The van der Waals surface area contributed by atoms with Crippen LogP contribution in [0.1, 0.15) is 5.69 Å². The number of H-pyrrole nitrogens is 1. The van der Waals surface area contributed by atoms with Gasteiger partial charge in [-0.2, -0.15) is 0 Å². The number of hydrogen-bond donors (Lipinski definition) is 1. The fourth-order valence-corrected chi connectivity index (χ4v) is 3.60. The molecule has 1 N–H and O–H groups in total. The molecule has 3 aromatic heterocycles. The molecule has 0 aliphatic heterocycles. The molecule has 0 atom stereocenters. The van der Waals surface area contributed by atoms with Crippen molar-refractivity contribution in [2.24, 2.45) is 0 Å². The molecule has 0 spiro atoms. The molecular formula is C21H14BrCl2FN4O2. The average Bonchev–Trinajstić information content (AvgIpc) is 3.14. The first-order valence-electron chi connectivity index (χ1n) is 8.93. The summed E-state index contributed by atoms with van der Waals surface area (Å²) < 4.78 is 25.7. The van der Waals surface area contributed by atoms with Gasteiger partial charge in [0.15, 0.2) is 0 Å². The normalized spacial score (nSPS) is 10.9. The lowest BCUT2D eigenvalue weighted by Crippen LogP contribution is -2.02. The first-order valence-corrected chi connectivity index (χ1v) is 10.5. The number of nitrogens with zero attached hydrogens (tertiary/aromatic N) is 3. The van der Waals surface area contributed by atoms with Crippen molar-refractivity contribution >= 4 is 39.1 Å². The zero-order valence-electron chi connectivity index (χ0n) is 16.0. The summed E-state index contributed by atoms with van der Waals surface area (Å²) in [4.78, 5) is 15.8. The topological polar surface area (TPSA) is 72.9 Å². The van der Waals surface area contributed by atoms with Gasteiger partial charge in [0.05, 0.1) is 17.8 Å². The zero-order valence-corrected chi connectivity index (χ0v) is 19.1.